The monoisotopic (exact) mass is 348 g/mol. The van der Waals surface area contributed by atoms with Crippen molar-refractivity contribution in [1.82, 2.24) is 9.80 Å². The van der Waals surface area contributed by atoms with Crippen molar-refractivity contribution in [3.63, 3.8) is 0 Å². The summed E-state index contributed by atoms with van der Waals surface area (Å²) in [6.45, 7) is 1.29. The molecule has 2 rings (SSSR count). The molecule has 0 spiro atoms. The molecule has 2 amide bonds. The van der Waals surface area contributed by atoms with Gasteiger partial charge >= 0.3 is 0 Å². The van der Waals surface area contributed by atoms with Crippen LogP contribution in [0.1, 0.15) is 25.7 Å². The van der Waals surface area contributed by atoms with Crippen molar-refractivity contribution in [3.05, 3.63) is 0 Å². The van der Waals surface area contributed by atoms with E-state index in [0.717, 1.165) is 24.3 Å². The van der Waals surface area contributed by atoms with E-state index in [2.05, 4.69) is 0 Å². The van der Waals surface area contributed by atoms with Crippen LogP contribution in [0.4, 0.5) is 0 Å². The molecule has 0 unspecified atom stereocenters. The van der Waals surface area contributed by atoms with E-state index in [-0.39, 0.29) is 11.8 Å². The Labute approximate surface area is 138 Å². The van der Waals surface area contributed by atoms with E-state index in [9.17, 15) is 9.59 Å². The molecule has 8 heteroatoms. The summed E-state index contributed by atoms with van der Waals surface area (Å²) in [7, 11) is 0. The molecule has 0 aromatic heterocycles. The van der Waals surface area contributed by atoms with Gasteiger partial charge in [0.25, 0.3) is 0 Å². The fraction of sp³-hybridized carbons (Fsp3) is 0.667. The fourth-order valence-corrected chi connectivity index (χ4v) is 4.54. The third-order valence-electron chi connectivity index (χ3n) is 3.14. The predicted molar refractivity (Wildman–Crippen MR) is 92.0 cm³/mol. The molecule has 2 fully saturated rings. The van der Waals surface area contributed by atoms with E-state index in [0.29, 0.717) is 34.6 Å². The van der Waals surface area contributed by atoms with Gasteiger partial charge in [-0.15, -0.1) is 0 Å². The standard InChI is InChI=1S/C12H16N2O2S4/c15-9-3-7-19-11(17)13(9)5-1-2-6-14-10(16)4-8-20-12(14)18/h1-8H2. The van der Waals surface area contributed by atoms with Crippen LogP contribution >= 0.6 is 48.0 Å². The largest absolute Gasteiger partial charge is 0.298 e. The van der Waals surface area contributed by atoms with Crippen LogP contribution < -0.4 is 0 Å². The summed E-state index contributed by atoms with van der Waals surface area (Å²) in [5.41, 5.74) is 0. The smallest absolute Gasteiger partial charge is 0.228 e. The maximum Gasteiger partial charge on any atom is 0.228 e. The molecule has 0 atom stereocenters. The van der Waals surface area contributed by atoms with Gasteiger partial charge in [-0.1, -0.05) is 48.0 Å². The van der Waals surface area contributed by atoms with Crippen LogP contribution in [-0.4, -0.2) is 54.9 Å². The molecule has 2 aliphatic rings. The Morgan fingerprint density at radius 2 is 1.25 bits per heavy atom. The van der Waals surface area contributed by atoms with Gasteiger partial charge in [0, 0.05) is 37.4 Å². The van der Waals surface area contributed by atoms with Crippen LogP contribution in [0.25, 0.3) is 0 Å². The minimum Gasteiger partial charge on any atom is -0.298 e. The minimum atomic E-state index is 0.119. The average molecular weight is 349 g/mol. The molecule has 110 valence electrons. The lowest BCUT2D eigenvalue weighted by Gasteiger charge is -2.28. The highest BCUT2D eigenvalue weighted by Crippen LogP contribution is 2.21. The van der Waals surface area contributed by atoms with Crippen molar-refractivity contribution >= 4 is 68.4 Å². The van der Waals surface area contributed by atoms with E-state index in [4.69, 9.17) is 24.4 Å². The van der Waals surface area contributed by atoms with Gasteiger partial charge in [0.15, 0.2) is 0 Å². The van der Waals surface area contributed by atoms with Gasteiger partial charge in [0.1, 0.15) is 8.64 Å². The molecular weight excluding hydrogens is 332 g/mol. The fourth-order valence-electron chi connectivity index (χ4n) is 2.05. The SMILES string of the molecule is O=C1CCSC(=S)N1CCCCN1C(=O)CCSC1=S. The maximum atomic E-state index is 11.7. The second-order valence-electron chi connectivity index (χ2n) is 4.53. The van der Waals surface area contributed by atoms with Crippen molar-refractivity contribution < 1.29 is 9.59 Å². The third-order valence-corrected chi connectivity index (χ3v) is 6.04. The molecule has 0 saturated carbocycles. The molecule has 0 aromatic carbocycles. The van der Waals surface area contributed by atoms with Gasteiger partial charge in [-0.2, -0.15) is 0 Å². The summed E-state index contributed by atoms with van der Waals surface area (Å²) in [5, 5.41) is 0. The van der Waals surface area contributed by atoms with Gasteiger partial charge in [0.05, 0.1) is 0 Å². The molecule has 0 aliphatic carbocycles. The molecule has 4 nitrogen and oxygen atoms in total. The van der Waals surface area contributed by atoms with Crippen molar-refractivity contribution in [1.29, 1.82) is 0 Å². The first kappa shape index (κ1) is 16.2. The van der Waals surface area contributed by atoms with E-state index < -0.39 is 0 Å². The molecular formula is C12H16N2O2S4. The summed E-state index contributed by atoms with van der Waals surface area (Å²) >= 11 is 13.5. The van der Waals surface area contributed by atoms with Crippen LogP contribution in [0, 0.1) is 0 Å². The number of amides is 2. The van der Waals surface area contributed by atoms with Crippen molar-refractivity contribution in [2.24, 2.45) is 0 Å². The normalized spacial score (nSPS) is 20.8. The van der Waals surface area contributed by atoms with Gasteiger partial charge in [-0.25, -0.2) is 0 Å². The Bertz CT molecular complexity index is 369. The molecule has 0 N–H and O–H groups in total. The number of hydrogen-bond donors (Lipinski definition) is 0. The molecule has 0 aromatic rings. The summed E-state index contributed by atoms with van der Waals surface area (Å²) in [5.74, 6) is 1.83. The highest BCUT2D eigenvalue weighted by Gasteiger charge is 2.25. The van der Waals surface area contributed by atoms with Crippen LogP contribution in [0.2, 0.25) is 0 Å². The van der Waals surface area contributed by atoms with E-state index in [1.54, 1.807) is 33.3 Å². The quantitative estimate of drug-likeness (QED) is 0.561. The first-order chi connectivity index (χ1) is 9.59. The maximum absolute atomic E-state index is 11.7. The van der Waals surface area contributed by atoms with Crippen LogP contribution in [-0.2, 0) is 9.59 Å². The highest BCUT2D eigenvalue weighted by molar-refractivity contribution is 8.23. The van der Waals surface area contributed by atoms with Crippen molar-refractivity contribution in [2.75, 3.05) is 24.6 Å². The lowest BCUT2D eigenvalue weighted by Crippen LogP contribution is -2.40. The minimum absolute atomic E-state index is 0.119. The number of nitrogens with zero attached hydrogens (tertiary/aromatic N) is 2. The Kier molecular flexibility index (Phi) is 6.25. The van der Waals surface area contributed by atoms with Crippen molar-refractivity contribution in [3.8, 4) is 0 Å². The first-order valence-corrected chi connectivity index (χ1v) is 9.32. The zero-order valence-electron chi connectivity index (χ0n) is 11.0. The molecule has 20 heavy (non-hydrogen) atoms. The lowest BCUT2D eigenvalue weighted by molar-refractivity contribution is -0.128. The predicted octanol–water partition coefficient (Wildman–Crippen LogP) is 2.27. The third kappa shape index (κ3) is 4.16. The van der Waals surface area contributed by atoms with E-state index in [1.165, 1.54) is 0 Å². The molecule has 2 saturated heterocycles. The number of carbonyl (C=O) groups excluding carboxylic acids is 2. The molecule has 2 heterocycles. The van der Waals surface area contributed by atoms with Crippen LogP contribution in [0.3, 0.4) is 0 Å². The number of carbonyl (C=O) groups is 2. The lowest BCUT2D eigenvalue weighted by atomic mass is 10.2. The summed E-state index contributed by atoms with van der Waals surface area (Å²) in [4.78, 5) is 26.9. The Morgan fingerprint density at radius 1 is 0.850 bits per heavy atom. The van der Waals surface area contributed by atoms with Crippen molar-refractivity contribution in [2.45, 2.75) is 25.7 Å². The number of hydrogen-bond acceptors (Lipinski definition) is 6. The Balaban J connectivity index is 1.73. The van der Waals surface area contributed by atoms with E-state index >= 15 is 0 Å². The number of thioether (sulfide) groups is 2. The average Bonchev–Trinajstić information content (AvgIpc) is 2.40. The van der Waals surface area contributed by atoms with Gasteiger partial charge < -0.3 is 0 Å². The summed E-state index contributed by atoms with van der Waals surface area (Å²) in [6, 6.07) is 0. The number of thiocarbonyl (C=S) groups is 2. The molecule has 0 radical (unpaired) electrons. The van der Waals surface area contributed by atoms with Gasteiger partial charge in [0.2, 0.25) is 11.8 Å². The highest BCUT2D eigenvalue weighted by atomic mass is 32.2. The molecule has 2 aliphatic heterocycles. The summed E-state index contributed by atoms with van der Waals surface area (Å²) in [6.07, 6.45) is 2.80. The first-order valence-electron chi connectivity index (χ1n) is 6.54. The van der Waals surface area contributed by atoms with E-state index in [1.807, 2.05) is 0 Å². The van der Waals surface area contributed by atoms with Gasteiger partial charge in [-0.3, -0.25) is 19.4 Å². The molecule has 0 bridgehead atoms. The zero-order chi connectivity index (χ0) is 14.5. The number of rotatable bonds is 5. The van der Waals surface area contributed by atoms with Gasteiger partial charge in [-0.05, 0) is 12.8 Å². The second-order valence-corrected chi connectivity index (χ2v) is 7.98. The Hall–Kier alpha value is -0.180. The second kappa shape index (κ2) is 7.72. The Morgan fingerprint density at radius 3 is 1.60 bits per heavy atom. The summed E-state index contributed by atoms with van der Waals surface area (Å²) < 4.78 is 1.36. The van der Waals surface area contributed by atoms with Crippen LogP contribution in [0.5, 0.6) is 0 Å². The zero-order valence-corrected chi connectivity index (χ0v) is 14.3. The van der Waals surface area contributed by atoms with Crippen LogP contribution in [0.15, 0.2) is 0 Å². The topological polar surface area (TPSA) is 40.6 Å². The number of unbranched alkanes of at least 4 members (excludes halogenated alkanes) is 1.